The van der Waals surface area contributed by atoms with Crippen molar-refractivity contribution in [3.05, 3.63) is 0 Å². The molecule has 0 unspecified atom stereocenters. The summed E-state index contributed by atoms with van der Waals surface area (Å²) in [7, 11) is 0. The van der Waals surface area contributed by atoms with Crippen molar-refractivity contribution in [2.24, 2.45) is 11.7 Å². The quantitative estimate of drug-likeness (QED) is 0.648. The molecule has 1 heterocycles. The number of unbranched alkanes of at least 4 members (excludes halogenated alkanes) is 1. The molecule has 0 aromatic carbocycles. The van der Waals surface area contributed by atoms with Gasteiger partial charge in [0, 0.05) is 32.6 Å². The number of carboxylic acid groups (broad SMARTS) is 1. The second-order valence-electron chi connectivity index (χ2n) is 5.88. The van der Waals surface area contributed by atoms with Gasteiger partial charge in [-0.3, -0.25) is 14.5 Å². The molecule has 1 aliphatic carbocycles. The molecule has 1 aliphatic heterocycles. The lowest BCUT2D eigenvalue weighted by Gasteiger charge is -2.36. The van der Waals surface area contributed by atoms with Crippen LogP contribution < -0.4 is 5.73 Å². The predicted molar refractivity (Wildman–Crippen MR) is 75.2 cm³/mol. The number of carbonyl (C=O) groups is 2. The van der Waals surface area contributed by atoms with Crippen molar-refractivity contribution in [3.8, 4) is 0 Å². The van der Waals surface area contributed by atoms with Crippen molar-refractivity contribution in [2.45, 2.75) is 38.1 Å². The highest BCUT2D eigenvalue weighted by Gasteiger charge is 2.36. The molecule has 2 aliphatic rings. The van der Waals surface area contributed by atoms with E-state index in [-0.39, 0.29) is 18.4 Å². The van der Waals surface area contributed by atoms with Crippen molar-refractivity contribution in [1.82, 2.24) is 9.80 Å². The van der Waals surface area contributed by atoms with E-state index in [1.165, 1.54) is 0 Å². The normalized spacial score (nSPS) is 21.8. The number of carbonyl (C=O) groups excluding carboxylic acids is 1. The highest BCUT2D eigenvalue weighted by atomic mass is 16.4. The molecule has 0 aromatic heterocycles. The fourth-order valence-electron chi connectivity index (χ4n) is 2.67. The largest absolute Gasteiger partial charge is 0.481 e. The molecule has 1 atom stereocenters. The summed E-state index contributed by atoms with van der Waals surface area (Å²) in [5, 5.41) is 8.58. The molecule has 0 aromatic rings. The van der Waals surface area contributed by atoms with Gasteiger partial charge in [-0.05, 0) is 38.1 Å². The SMILES string of the molecule is N[C@H](C(=O)N1CCN(CCCCC(=O)O)CC1)C1CC1. The lowest BCUT2D eigenvalue weighted by molar-refractivity contribution is -0.137. The molecule has 0 radical (unpaired) electrons. The van der Waals surface area contributed by atoms with Crippen molar-refractivity contribution < 1.29 is 14.7 Å². The lowest BCUT2D eigenvalue weighted by atomic mass is 10.1. The second-order valence-corrected chi connectivity index (χ2v) is 5.88. The number of aliphatic carboxylic acids is 1. The Bertz CT molecular complexity index is 350. The maximum atomic E-state index is 12.1. The Hall–Kier alpha value is -1.14. The molecular weight excluding hydrogens is 258 g/mol. The van der Waals surface area contributed by atoms with E-state index in [9.17, 15) is 9.59 Å². The van der Waals surface area contributed by atoms with Gasteiger partial charge in [0.1, 0.15) is 0 Å². The van der Waals surface area contributed by atoms with Crippen LogP contribution in [-0.2, 0) is 9.59 Å². The van der Waals surface area contributed by atoms with Crippen LogP contribution in [0.2, 0.25) is 0 Å². The lowest BCUT2D eigenvalue weighted by Crippen LogP contribution is -2.53. The van der Waals surface area contributed by atoms with Crippen molar-refractivity contribution in [3.63, 3.8) is 0 Å². The van der Waals surface area contributed by atoms with Gasteiger partial charge < -0.3 is 15.7 Å². The van der Waals surface area contributed by atoms with Gasteiger partial charge in [-0.25, -0.2) is 0 Å². The van der Waals surface area contributed by atoms with E-state index in [1.807, 2.05) is 4.90 Å². The Morgan fingerprint density at radius 2 is 1.80 bits per heavy atom. The van der Waals surface area contributed by atoms with Gasteiger partial charge in [0.05, 0.1) is 6.04 Å². The molecule has 20 heavy (non-hydrogen) atoms. The van der Waals surface area contributed by atoms with Crippen LogP contribution in [0.3, 0.4) is 0 Å². The highest BCUT2D eigenvalue weighted by molar-refractivity contribution is 5.82. The smallest absolute Gasteiger partial charge is 0.303 e. The first-order valence-corrected chi connectivity index (χ1v) is 7.56. The number of nitrogens with zero attached hydrogens (tertiary/aromatic N) is 2. The van der Waals surface area contributed by atoms with Gasteiger partial charge >= 0.3 is 5.97 Å². The summed E-state index contributed by atoms with van der Waals surface area (Å²) in [4.78, 5) is 26.7. The standard InChI is InChI=1S/C14H25N3O3/c15-13(11-4-5-11)14(20)17-9-7-16(8-10-17)6-2-1-3-12(18)19/h11,13H,1-10,15H2,(H,18,19)/t13-/m0/s1. The minimum atomic E-state index is -0.727. The van der Waals surface area contributed by atoms with Gasteiger partial charge in [0.25, 0.3) is 0 Å². The average molecular weight is 283 g/mol. The van der Waals surface area contributed by atoms with E-state index in [0.29, 0.717) is 5.92 Å². The molecule has 0 spiro atoms. The number of hydrogen-bond acceptors (Lipinski definition) is 4. The Balaban J connectivity index is 1.62. The van der Waals surface area contributed by atoms with E-state index in [2.05, 4.69) is 4.90 Å². The zero-order valence-corrected chi connectivity index (χ0v) is 12.0. The summed E-state index contributed by atoms with van der Waals surface area (Å²) in [5.74, 6) is -0.205. The summed E-state index contributed by atoms with van der Waals surface area (Å²) >= 11 is 0. The van der Waals surface area contributed by atoms with Gasteiger partial charge in [-0.1, -0.05) is 0 Å². The molecule has 3 N–H and O–H groups in total. The monoisotopic (exact) mass is 283 g/mol. The molecule has 1 saturated heterocycles. The molecule has 2 rings (SSSR count). The maximum absolute atomic E-state index is 12.1. The summed E-state index contributed by atoms with van der Waals surface area (Å²) in [6.45, 7) is 4.16. The van der Waals surface area contributed by atoms with Crippen LogP contribution in [0, 0.1) is 5.92 Å². The van der Waals surface area contributed by atoms with E-state index in [0.717, 1.165) is 58.4 Å². The van der Waals surface area contributed by atoms with Gasteiger partial charge in [-0.2, -0.15) is 0 Å². The predicted octanol–water partition coefficient (Wildman–Crippen LogP) is 0.123. The second kappa shape index (κ2) is 7.04. The minimum absolute atomic E-state index is 0.109. The molecule has 0 bridgehead atoms. The molecule has 6 nitrogen and oxygen atoms in total. The first kappa shape index (κ1) is 15.3. The number of hydrogen-bond donors (Lipinski definition) is 2. The van der Waals surface area contributed by atoms with Crippen LogP contribution in [0.4, 0.5) is 0 Å². The third kappa shape index (κ3) is 4.45. The van der Waals surface area contributed by atoms with E-state index in [1.54, 1.807) is 0 Å². The van der Waals surface area contributed by atoms with Gasteiger partial charge in [0.15, 0.2) is 0 Å². The summed E-state index contributed by atoms with van der Waals surface area (Å²) < 4.78 is 0. The maximum Gasteiger partial charge on any atom is 0.303 e. The third-order valence-electron chi connectivity index (χ3n) is 4.21. The molecule has 114 valence electrons. The van der Waals surface area contributed by atoms with Crippen LogP contribution in [-0.4, -0.2) is 65.5 Å². The summed E-state index contributed by atoms with van der Waals surface area (Å²) in [6, 6.07) is -0.294. The number of piperazine rings is 1. The van der Waals surface area contributed by atoms with E-state index < -0.39 is 5.97 Å². The van der Waals surface area contributed by atoms with Crippen molar-refractivity contribution in [1.29, 1.82) is 0 Å². The first-order valence-electron chi connectivity index (χ1n) is 7.56. The van der Waals surface area contributed by atoms with Crippen molar-refractivity contribution in [2.75, 3.05) is 32.7 Å². The Morgan fingerprint density at radius 1 is 1.15 bits per heavy atom. The molecule has 6 heteroatoms. The zero-order chi connectivity index (χ0) is 14.5. The number of amides is 1. The average Bonchev–Trinajstić information content (AvgIpc) is 3.27. The highest BCUT2D eigenvalue weighted by Crippen LogP contribution is 2.32. The van der Waals surface area contributed by atoms with Crippen LogP contribution in [0.5, 0.6) is 0 Å². The number of carboxylic acids is 1. The van der Waals surface area contributed by atoms with Gasteiger partial charge in [-0.15, -0.1) is 0 Å². The third-order valence-corrected chi connectivity index (χ3v) is 4.21. The molecular formula is C14H25N3O3. The Labute approximate surface area is 119 Å². The van der Waals surface area contributed by atoms with Gasteiger partial charge in [0.2, 0.25) is 5.91 Å². The molecule has 1 amide bonds. The topological polar surface area (TPSA) is 86.9 Å². The van der Waals surface area contributed by atoms with E-state index >= 15 is 0 Å². The van der Waals surface area contributed by atoms with Crippen LogP contribution in [0.25, 0.3) is 0 Å². The molecule has 1 saturated carbocycles. The summed E-state index contributed by atoms with van der Waals surface area (Å²) in [5.41, 5.74) is 5.95. The summed E-state index contributed by atoms with van der Waals surface area (Å²) in [6.07, 6.45) is 4.06. The number of rotatable bonds is 7. The minimum Gasteiger partial charge on any atom is -0.481 e. The van der Waals surface area contributed by atoms with Crippen LogP contribution in [0.15, 0.2) is 0 Å². The fourth-order valence-corrected chi connectivity index (χ4v) is 2.67. The Morgan fingerprint density at radius 3 is 2.35 bits per heavy atom. The van der Waals surface area contributed by atoms with Crippen LogP contribution >= 0.6 is 0 Å². The Kier molecular flexibility index (Phi) is 5.37. The molecule has 2 fully saturated rings. The first-order chi connectivity index (χ1) is 9.58. The van der Waals surface area contributed by atoms with Crippen LogP contribution in [0.1, 0.15) is 32.1 Å². The van der Waals surface area contributed by atoms with E-state index in [4.69, 9.17) is 10.8 Å². The van der Waals surface area contributed by atoms with Crippen molar-refractivity contribution >= 4 is 11.9 Å². The zero-order valence-electron chi connectivity index (χ0n) is 12.0. The fraction of sp³-hybridized carbons (Fsp3) is 0.857. The number of nitrogens with two attached hydrogens (primary N) is 1.